The van der Waals surface area contributed by atoms with Crippen LogP contribution in [0.4, 0.5) is 0 Å². The molecule has 1 saturated carbocycles. The van der Waals surface area contributed by atoms with Crippen LogP contribution in [-0.4, -0.2) is 17.9 Å². The van der Waals surface area contributed by atoms with Crippen LogP contribution in [0.5, 0.6) is 0 Å². The van der Waals surface area contributed by atoms with Gasteiger partial charge in [0.1, 0.15) is 11.5 Å². The number of carbonyl (C=O) groups is 1. The molecule has 1 aromatic rings. The molecule has 1 aliphatic carbocycles. The van der Waals surface area contributed by atoms with Crippen molar-refractivity contribution in [2.75, 3.05) is 7.05 Å². The smallest absolute Gasteiger partial charge is 0.219 e. The predicted octanol–water partition coefficient (Wildman–Crippen LogP) is 2.38. The molecule has 1 heterocycles. The number of furan rings is 1. The molecule has 0 N–H and O–H groups in total. The molecular formula is C12H17NO2. The van der Waals surface area contributed by atoms with Gasteiger partial charge >= 0.3 is 0 Å². The first-order chi connectivity index (χ1) is 7.08. The van der Waals surface area contributed by atoms with Crippen molar-refractivity contribution in [1.29, 1.82) is 0 Å². The topological polar surface area (TPSA) is 33.5 Å². The molecule has 0 radical (unpaired) electrons. The number of hydrogen-bond donors (Lipinski definition) is 0. The van der Waals surface area contributed by atoms with Gasteiger partial charge in [0.25, 0.3) is 0 Å². The summed E-state index contributed by atoms with van der Waals surface area (Å²) in [5, 5.41) is 0. The lowest BCUT2D eigenvalue weighted by atomic mass is 10.3. The van der Waals surface area contributed by atoms with Crippen molar-refractivity contribution in [3.8, 4) is 0 Å². The lowest BCUT2D eigenvalue weighted by Crippen LogP contribution is -2.22. The molecule has 0 spiro atoms. The maximum atomic E-state index is 11.0. The Morgan fingerprint density at radius 1 is 1.60 bits per heavy atom. The van der Waals surface area contributed by atoms with Crippen molar-refractivity contribution in [2.45, 2.75) is 32.7 Å². The molecule has 1 aliphatic rings. The van der Waals surface area contributed by atoms with Gasteiger partial charge in [-0.05, 0) is 24.5 Å². The average Bonchev–Trinajstić information content (AvgIpc) is 2.73. The number of rotatable bonds is 3. The lowest BCUT2D eigenvalue weighted by molar-refractivity contribution is -0.128. The van der Waals surface area contributed by atoms with Gasteiger partial charge in [-0.3, -0.25) is 4.79 Å². The Morgan fingerprint density at radius 2 is 2.27 bits per heavy atom. The number of nitrogens with zero attached hydrogens (tertiary/aromatic N) is 1. The van der Waals surface area contributed by atoms with E-state index in [1.54, 1.807) is 18.9 Å². The van der Waals surface area contributed by atoms with Gasteiger partial charge in [-0.25, -0.2) is 0 Å². The fourth-order valence-corrected chi connectivity index (χ4v) is 1.74. The van der Waals surface area contributed by atoms with E-state index in [0.29, 0.717) is 12.5 Å². The molecule has 2 atom stereocenters. The Morgan fingerprint density at radius 3 is 2.80 bits per heavy atom. The van der Waals surface area contributed by atoms with Crippen LogP contribution in [0.25, 0.3) is 0 Å². The fourth-order valence-electron chi connectivity index (χ4n) is 1.74. The SMILES string of the molecule is CC(=O)N(C)Cc1ccc([C@H]2C[C@H]2C)o1. The van der Waals surface area contributed by atoms with Gasteiger partial charge in [0.15, 0.2) is 0 Å². The summed E-state index contributed by atoms with van der Waals surface area (Å²) >= 11 is 0. The van der Waals surface area contributed by atoms with Gasteiger partial charge in [-0.1, -0.05) is 6.92 Å². The number of carbonyl (C=O) groups excluding carboxylic acids is 1. The predicted molar refractivity (Wildman–Crippen MR) is 57.4 cm³/mol. The highest BCUT2D eigenvalue weighted by Gasteiger charge is 2.36. The first-order valence-corrected chi connectivity index (χ1v) is 5.38. The molecule has 0 aromatic carbocycles. The Kier molecular flexibility index (Phi) is 2.55. The van der Waals surface area contributed by atoms with Crippen molar-refractivity contribution in [3.63, 3.8) is 0 Å². The van der Waals surface area contributed by atoms with Crippen LogP contribution in [0.2, 0.25) is 0 Å². The largest absolute Gasteiger partial charge is 0.464 e. The molecule has 1 aromatic heterocycles. The molecular weight excluding hydrogens is 190 g/mol. The van der Waals surface area contributed by atoms with Gasteiger partial charge in [0, 0.05) is 19.9 Å². The normalized spacial score (nSPS) is 23.9. The molecule has 2 rings (SSSR count). The molecule has 1 amide bonds. The minimum Gasteiger partial charge on any atom is -0.464 e. The minimum absolute atomic E-state index is 0.0627. The number of hydrogen-bond acceptors (Lipinski definition) is 2. The third-order valence-corrected chi connectivity index (χ3v) is 3.09. The van der Waals surface area contributed by atoms with E-state index >= 15 is 0 Å². The summed E-state index contributed by atoms with van der Waals surface area (Å²) in [4.78, 5) is 12.7. The average molecular weight is 207 g/mol. The standard InChI is InChI=1S/C12H17NO2/c1-8-6-11(8)12-5-4-10(15-12)7-13(3)9(2)14/h4-5,8,11H,6-7H2,1-3H3/t8-,11+/m1/s1. The van der Waals surface area contributed by atoms with Crippen LogP contribution in [0.1, 0.15) is 37.7 Å². The van der Waals surface area contributed by atoms with Gasteiger partial charge < -0.3 is 9.32 Å². The van der Waals surface area contributed by atoms with E-state index in [1.807, 2.05) is 12.1 Å². The van der Waals surface area contributed by atoms with E-state index in [1.165, 1.54) is 6.42 Å². The zero-order chi connectivity index (χ0) is 11.0. The van der Waals surface area contributed by atoms with Crippen molar-refractivity contribution in [2.24, 2.45) is 5.92 Å². The van der Waals surface area contributed by atoms with Crippen molar-refractivity contribution in [3.05, 3.63) is 23.7 Å². The summed E-state index contributed by atoms with van der Waals surface area (Å²) in [6.07, 6.45) is 1.23. The summed E-state index contributed by atoms with van der Waals surface area (Å²) in [5.41, 5.74) is 0. The molecule has 0 unspecified atom stereocenters. The molecule has 0 aliphatic heterocycles. The minimum atomic E-state index is 0.0627. The van der Waals surface area contributed by atoms with E-state index < -0.39 is 0 Å². The van der Waals surface area contributed by atoms with Crippen LogP contribution >= 0.6 is 0 Å². The Hall–Kier alpha value is -1.25. The summed E-state index contributed by atoms with van der Waals surface area (Å²) in [6, 6.07) is 4.01. The third-order valence-electron chi connectivity index (χ3n) is 3.09. The second-order valence-corrected chi connectivity index (χ2v) is 4.50. The van der Waals surface area contributed by atoms with Gasteiger partial charge in [0.2, 0.25) is 5.91 Å². The molecule has 15 heavy (non-hydrogen) atoms. The van der Waals surface area contributed by atoms with Crippen molar-refractivity contribution >= 4 is 5.91 Å². The van der Waals surface area contributed by atoms with E-state index in [9.17, 15) is 4.79 Å². The Labute approximate surface area is 90.1 Å². The molecule has 3 heteroatoms. The number of amides is 1. The second kappa shape index (κ2) is 3.72. The maximum Gasteiger partial charge on any atom is 0.219 e. The zero-order valence-corrected chi connectivity index (χ0v) is 9.49. The second-order valence-electron chi connectivity index (χ2n) is 4.50. The van der Waals surface area contributed by atoms with Gasteiger partial charge in [-0.15, -0.1) is 0 Å². The molecule has 3 nitrogen and oxygen atoms in total. The van der Waals surface area contributed by atoms with E-state index in [4.69, 9.17) is 4.42 Å². The summed E-state index contributed by atoms with van der Waals surface area (Å²) < 4.78 is 5.70. The Bertz CT molecular complexity index is 369. The fraction of sp³-hybridized carbons (Fsp3) is 0.583. The highest BCUT2D eigenvalue weighted by Crippen LogP contribution is 2.47. The maximum absolute atomic E-state index is 11.0. The van der Waals surface area contributed by atoms with Crippen LogP contribution < -0.4 is 0 Å². The summed E-state index contributed by atoms with van der Waals surface area (Å²) in [7, 11) is 1.78. The van der Waals surface area contributed by atoms with Gasteiger partial charge in [-0.2, -0.15) is 0 Å². The van der Waals surface area contributed by atoms with Crippen LogP contribution in [0.15, 0.2) is 16.5 Å². The zero-order valence-electron chi connectivity index (χ0n) is 9.49. The summed E-state index contributed by atoms with van der Waals surface area (Å²) in [5.74, 6) is 3.39. The van der Waals surface area contributed by atoms with Crippen molar-refractivity contribution < 1.29 is 9.21 Å². The first-order valence-electron chi connectivity index (χ1n) is 5.38. The molecule has 0 saturated heterocycles. The molecule has 82 valence electrons. The monoisotopic (exact) mass is 207 g/mol. The summed E-state index contributed by atoms with van der Waals surface area (Å²) in [6.45, 7) is 4.36. The van der Waals surface area contributed by atoms with E-state index in [-0.39, 0.29) is 5.91 Å². The van der Waals surface area contributed by atoms with Crippen molar-refractivity contribution in [1.82, 2.24) is 4.90 Å². The van der Waals surface area contributed by atoms with Crippen LogP contribution in [0, 0.1) is 5.92 Å². The molecule has 0 bridgehead atoms. The highest BCUT2D eigenvalue weighted by atomic mass is 16.3. The molecule has 1 fully saturated rings. The van der Waals surface area contributed by atoms with E-state index in [2.05, 4.69) is 6.92 Å². The Balaban J connectivity index is 1.98. The van der Waals surface area contributed by atoms with Gasteiger partial charge in [0.05, 0.1) is 6.54 Å². The lowest BCUT2D eigenvalue weighted by Gasteiger charge is -2.12. The highest BCUT2D eigenvalue weighted by molar-refractivity contribution is 5.72. The van der Waals surface area contributed by atoms with Crippen LogP contribution in [-0.2, 0) is 11.3 Å². The first kappa shape index (κ1) is 10.3. The van der Waals surface area contributed by atoms with Crippen LogP contribution in [0.3, 0.4) is 0 Å². The van der Waals surface area contributed by atoms with E-state index in [0.717, 1.165) is 17.4 Å². The third kappa shape index (κ3) is 2.22. The quantitative estimate of drug-likeness (QED) is 0.762.